The van der Waals surface area contributed by atoms with E-state index >= 15 is 0 Å². The molecule has 0 saturated heterocycles. The van der Waals surface area contributed by atoms with Gasteiger partial charge in [0.05, 0.1) is 11.6 Å². The van der Waals surface area contributed by atoms with Crippen molar-refractivity contribution in [2.75, 3.05) is 5.32 Å². The van der Waals surface area contributed by atoms with Crippen molar-refractivity contribution < 1.29 is 9.59 Å². The molecule has 3 fully saturated rings. The summed E-state index contributed by atoms with van der Waals surface area (Å²) in [7, 11) is 0. The number of nitrogens with zero attached hydrogens (tertiary/aromatic N) is 1. The molecule has 0 unspecified atom stereocenters. The molecule has 5 nitrogen and oxygen atoms in total. The first-order valence-corrected chi connectivity index (χ1v) is 11.7. The van der Waals surface area contributed by atoms with E-state index in [-0.39, 0.29) is 34.6 Å². The molecule has 0 spiro atoms. The van der Waals surface area contributed by atoms with Crippen LogP contribution < -0.4 is 10.6 Å². The zero-order chi connectivity index (χ0) is 21.8. The first-order valence-electron chi connectivity index (χ1n) is 11.7. The summed E-state index contributed by atoms with van der Waals surface area (Å²) in [5.41, 5.74) is 1.42. The van der Waals surface area contributed by atoms with Crippen LogP contribution in [0.2, 0.25) is 0 Å². The molecule has 0 radical (unpaired) electrons. The minimum absolute atomic E-state index is 0.0288. The van der Waals surface area contributed by atoms with Gasteiger partial charge in [0.25, 0.3) is 0 Å². The SMILES string of the molecule is C[C@]12C=CC(=O)N[C@@H]1CC[C@@H]1[C@@H]2CC[C@]2(C)[C@@H](C(=O)Nc3ccc(C#N)cc3)CC[C@@H]12. The highest BCUT2D eigenvalue weighted by molar-refractivity contribution is 5.93. The third-order valence-corrected chi connectivity index (χ3v) is 9.28. The molecule has 1 aromatic carbocycles. The van der Waals surface area contributed by atoms with E-state index in [4.69, 9.17) is 5.26 Å². The van der Waals surface area contributed by atoms with Crippen LogP contribution >= 0.6 is 0 Å². The van der Waals surface area contributed by atoms with E-state index in [0.29, 0.717) is 23.3 Å². The van der Waals surface area contributed by atoms with Gasteiger partial charge in [-0.25, -0.2) is 0 Å². The van der Waals surface area contributed by atoms with Crippen molar-refractivity contribution in [3.63, 3.8) is 0 Å². The van der Waals surface area contributed by atoms with Crippen LogP contribution in [0.3, 0.4) is 0 Å². The van der Waals surface area contributed by atoms with E-state index in [0.717, 1.165) is 44.2 Å². The maximum absolute atomic E-state index is 13.3. The van der Waals surface area contributed by atoms with Crippen LogP contribution in [0.5, 0.6) is 0 Å². The normalized spacial score (nSPS) is 40.7. The molecule has 2 amide bonds. The number of carbonyl (C=O) groups is 2. The van der Waals surface area contributed by atoms with Crippen molar-refractivity contribution in [1.82, 2.24) is 5.32 Å². The zero-order valence-electron chi connectivity index (χ0n) is 18.4. The van der Waals surface area contributed by atoms with Gasteiger partial charge >= 0.3 is 0 Å². The van der Waals surface area contributed by atoms with Crippen molar-refractivity contribution in [3.05, 3.63) is 42.0 Å². The lowest BCUT2D eigenvalue weighted by Crippen LogP contribution is -2.59. The average molecular weight is 418 g/mol. The fourth-order valence-electron chi connectivity index (χ4n) is 7.62. The van der Waals surface area contributed by atoms with Gasteiger partial charge in [-0.1, -0.05) is 19.9 Å². The number of hydrogen-bond acceptors (Lipinski definition) is 3. The second-order valence-corrected chi connectivity index (χ2v) is 10.6. The Balaban J connectivity index is 1.35. The molecule has 4 aliphatic rings. The summed E-state index contributed by atoms with van der Waals surface area (Å²) >= 11 is 0. The lowest BCUT2D eigenvalue weighted by molar-refractivity contribution is -0.129. The van der Waals surface area contributed by atoms with Gasteiger partial charge in [0.15, 0.2) is 0 Å². The number of benzene rings is 1. The minimum Gasteiger partial charge on any atom is -0.349 e. The summed E-state index contributed by atoms with van der Waals surface area (Å²) in [6.07, 6.45) is 10.3. The van der Waals surface area contributed by atoms with E-state index in [1.807, 2.05) is 12.1 Å². The fourth-order valence-corrected chi connectivity index (χ4v) is 7.62. The Morgan fingerprint density at radius 2 is 1.87 bits per heavy atom. The third kappa shape index (κ3) is 3.11. The van der Waals surface area contributed by atoms with E-state index in [2.05, 4.69) is 36.6 Å². The number of amides is 2. The lowest BCUT2D eigenvalue weighted by Gasteiger charge is -2.58. The molecule has 1 aliphatic heterocycles. The predicted octanol–water partition coefficient (Wildman–Crippen LogP) is 4.41. The van der Waals surface area contributed by atoms with Gasteiger partial charge in [-0.2, -0.15) is 5.26 Å². The zero-order valence-corrected chi connectivity index (χ0v) is 18.4. The quantitative estimate of drug-likeness (QED) is 0.748. The Hall–Kier alpha value is -2.61. The highest BCUT2D eigenvalue weighted by Gasteiger charge is 2.60. The van der Waals surface area contributed by atoms with Crippen LogP contribution in [0.4, 0.5) is 5.69 Å². The maximum Gasteiger partial charge on any atom is 0.243 e. The van der Waals surface area contributed by atoms with Crippen LogP contribution in [0.1, 0.15) is 57.9 Å². The lowest BCUT2D eigenvalue weighted by atomic mass is 9.48. The van der Waals surface area contributed by atoms with Crippen molar-refractivity contribution in [2.45, 2.75) is 58.4 Å². The number of nitrogens with one attached hydrogen (secondary N) is 2. The van der Waals surface area contributed by atoms with Crippen LogP contribution in [-0.4, -0.2) is 17.9 Å². The largest absolute Gasteiger partial charge is 0.349 e. The van der Waals surface area contributed by atoms with Gasteiger partial charge in [-0.3, -0.25) is 9.59 Å². The third-order valence-electron chi connectivity index (χ3n) is 9.28. The Kier molecular flexibility index (Phi) is 4.73. The van der Waals surface area contributed by atoms with Gasteiger partial charge in [0, 0.05) is 23.1 Å². The Bertz CT molecular complexity index is 977. The highest BCUT2D eigenvalue weighted by Crippen LogP contribution is 2.65. The summed E-state index contributed by atoms with van der Waals surface area (Å²) in [4.78, 5) is 25.2. The van der Waals surface area contributed by atoms with Gasteiger partial charge < -0.3 is 10.6 Å². The molecule has 3 saturated carbocycles. The summed E-state index contributed by atoms with van der Waals surface area (Å²) in [5, 5.41) is 15.3. The minimum atomic E-state index is 0.0288. The van der Waals surface area contributed by atoms with Gasteiger partial charge in [0.2, 0.25) is 11.8 Å². The number of nitriles is 1. The number of hydrogen-bond donors (Lipinski definition) is 2. The smallest absolute Gasteiger partial charge is 0.243 e. The first kappa shape index (κ1) is 20.3. The molecular formula is C26H31N3O2. The molecule has 31 heavy (non-hydrogen) atoms. The number of fused-ring (bicyclic) bond motifs is 5. The molecule has 0 bridgehead atoms. The molecule has 0 aromatic heterocycles. The molecule has 162 valence electrons. The molecule has 7 atom stereocenters. The number of carbonyl (C=O) groups excluding carboxylic acids is 2. The second-order valence-electron chi connectivity index (χ2n) is 10.6. The van der Waals surface area contributed by atoms with Crippen LogP contribution in [-0.2, 0) is 9.59 Å². The molecule has 3 aliphatic carbocycles. The van der Waals surface area contributed by atoms with Crippen LogP contribution in [0.15, 0.2) is 36.4 Å². The molecule has 1 heterocycles. The average Bonchev–Trinajstić information content (AvgIpc) is 3.12. The van der Waals surface area contributed by atoms with E-state index in [1.165, 1.54) is 0 Å². The summed E-state index contributed by atoms with van der Waals surface area (Å²) in [5.74, 6) is 1.95. The van der Waals surface area contributed by atoms with Gasteiger partial charge in [-0.15, -0.1) is 0 Å². The topological polar surface area (TPSA) is 82.0 Å². The van der Waals surface area contributed by atoms with Crippen LogP contribution in [0, 0.1) is 45.8 Å². The molecular weight excluding hydrogens is 386 g/mol. The van der Waals surface area contributed by atoms with E-state index < -0.39 is 0 Å². The fraction of sp³-hybridized carbons (Fsp3) is 0.577. The van der Waals surface area contributed by atoms with Crippen molar-refractivity contribution in [1.29, 1.82) is 5.26 Å². The standard InChI is InChI=1S/C26H31N3O2/c1-25-13-11-20-18(7-10-22-26(20,2)14-12-23(30)29-22)19(25)8-9-21(25)24(31)28-17-5-3-16(15-27)4-6-17/h3-6,12,14,18-22H,7-11,13H2,1-2H3,(H,28,31)(H,29,30)/t18-,19-,20-,21+,22+,25-,26+/m0/s1. The van der Waals surface area contributed by atoms with Crippen LogP contribution in [0.25, 0.3) is 0 Å². The summed E-state index contributed by atoms with van der Waals surface area (Å²) in [6, 6.07) is 9.48. The molecule has 1 aromatic rings. The Labute approximate surface area is 184 Å². The number of anilines is 1. The Morgan fingerprint density at radius 3 is 2.61 bits per heavy atom. The highest BCUT2D eigenvalue weighted by atomic mass is 16.2. The summed E-state index contributed by atoms with van der Waals surface area (Å²) < 4.78 is 0. The van der Waals surface area contributed by atoms with Gasteiger partial charge in [0.1, 0.15) is 0 Å². The monoisotopic (exact) mass is 417 g/mol. The maximum atomic E-state index is 13.3. The number of rotatable bonds is 2. The summed E-state index contributed by atoms with van der Waals surface area (Å²) in [6.45, 7) is 4.67. The van der Waals surface area contributed by atoms with E-state index in [9.17, 15) is 9.59 Å². The molecule has 5 rings (SSSR count). The second kappa shape index (κ2) is 7.22. The molecule has 2 N–H and O–H groups in total. The van der Waals surface area contributed by atoms with Crippen molar-refractivity contribution in [2.24, 2.45) is 34.5 Å². The predicted molar refractivity (Wildman–Crippen MR) is 119 cm³/mol. The first-order chi connectivity index (χ1) is 14.8. The van der Waals surface area contributed by atoms with Crippen molar-refractivity contribution in [3.8, 4) is 6.07 Å². The van der Waals surface area contributed by atoms with Crippen molar-refractivity contribution >= 4 is 17.5 Å². The molecule has 5 heteroatoms. The van der Waals surface area contributed by atoms with E-state index in [1.54, 1.807) is 18.2 Å². The van der Waals surface area contributed by atoms with Gasteiger partial charge in [-0.05, 0) is 92.0 Å². The Morgan fingerprint density at radius 1 is 1.10 bits per heavy atom.